The molecule has 2 fully saturated rings. The van der Waals surface area contributed by atoms with E-state index in [2.05, 4.69) is 49.0 Å². The first-order valence-corrected chi connectivity index (χ1v) is 16.7. The smallest absolute Gasteiger partial charge is 0.262 e. The Bertz CT molecular complexity index is 1880. The third-order valence-electron chi connectivity index (χ3n) is 9.58. The molecule has 5 heterocycles. The van der Waals surface area contributed by atoms with Crippen LogP contribution in [0.3, 0.4) is 0 Å². The number of fused-ring (bicyclic) bond motifs is 1. The Hall–Kier alpha value is -4.12. The van der Waals surface area contributed by atoms with E-state index in [0.29, 0.717) is 37.0 Å². The third-order valence-corrected chi connectivity index (χ3v) is 10.0. The first kappa shape index (κ1) is 30.5. The maximum Gasteiger partial charge on any atom is 0.262 e. The SMILES string of the molecule is O=C([C@@H]1CCN(Cc2cncc(Br)c2)C[C@H]1c1ccccc1)N1CCC(O)(Cn2cnc3c(ccn3-c3ccccc3)c2=O)CC1. The van der Waals surface area contributed by atoms with Gasteiger partial charge < -0.3 is 14.6 Å². The molecule has 9 nitrogen and oxygen atoms in total. The van der Waals surface area contributed by atoms with Crippen LogP contribution in [-0.4, -0.2) is 71.7 Å². The van der Waals surface area contributed by atoms with Crippen molar-refractivity contribution in [2.45, 2.75) is 43.9 Å². The van der Waals surface area contributed by atoms with Gasteiger partial charge in [0.05, 0.1) is 17.5 Å². The molecule has 1 N–H and O–H groups in total. The van der Waals surface area contributed by atoms with Gasteiger partial charge in [-0.1, -0.05) is 48.5 Å². The summed E-state index contributed by atoms with van der Waals surface area (Å²) >= 11 is 3.53. The zero-order chi connectivity index (χ0) is 31.7. The van der Waals surface area contributed by atoms with Crippen LogP contribution in [0.4, 0.5) is 0 Å². The summed E-state index contributed by atoms with van der Waals surface area (Å²) in [5.41, 5.74) is 2.56. The molecule has 2 saturated heterocycles. The highest BCUT2D eigenvalue weighted by Crippen LogP contribution is 2.36. The van der Waals surface area contributed by atoms with E-state index >= 15 is 0 Å². The van der Waals surface area contributed by atoms with Gasteiger partial charge in [0.25, 0.3) is 5.56 Å². The van der Waals surface area contributed by atoms with Crippen LogP contribution in [0.2, 0.25) is 0 Å². The van der Waals surface area contributed by atoms with Gasteiger partial charge >= 0.3 is 0 Å². The van der Waals surface area contributed by atoms with Gasteiger partial charge in [-0.15, -0.1) is 0 Å². The fourth-order valence-electron chi connectivity index (χ4n) is 7.11. The lowest BCUT2D eigenvalue weighted by Gasteiger charge is -2.43. The molecule has 2 atom stereocenters. The monoisotopic (exact) mass is 680 g/mol. The molecule has 10 heteroatoms. The lowest BCUT2D eigenvalue weighted by Crippen LogP contribution is -2.53. The van der Waals surface area contributed by atoms with Crippen molar-refractivity contribution in [1.82, 2.24) is 28.9 Å². The molecule has 0 aliphatic carbocycles. The fraction of sp³-hybridized carbons (Fsp3) is 0.333. The summed E-state index contributed by atoms with van der Waals surface area (Å²) in [5.74, 6) is 0.0958. The number of pyridine rings is 1. The van der Waals surface area contributed by atoms with E-state index in [0.717, 1.165) is 41.8 Å². The van der Waals surface area contributed by atoms with Crippen LogP contribution in [0.25, 0.3) is 16.7 Å². The zero-order valence-electron chi connectivity index (χ0n) is 25.6. The van der Waals surface area contributed by atoms with Gasteiger partial charge in [0.1, 0.15) is 6.33 Å². The van der Waals surface area contributed by atoms with Crippen molar-refractivity contribution in [3.05, 3.63) is 124 Å². The number of carbonyl (C=O) groups is 1. The fourth-order valence-corrected chi connectivity index (χ4v) is 7.53. The summed E-state index contributed by atoms with van der Waals surface area (Å²) in [7, 11) is 0. The summed E-state index contributed by atoms with van der Waals surface area (Å²) in [6, 6.07) is 24.0. The van der Waals surface area contributed by atoms with Gasteiger partial charge in [0, 0.05) is 66.8 Å². The number of amides is 1. The van der Waals surface area contributed by atoms with Crippen molar-refractivity contribution in [2.24, 2.45) is 5.92 Å². The predicted octanol–water partition coefficient (Wildman–Crippen LogP) is 5.00. The van der Waals surface area contributed by atoms with Crippen LogP contribution in [-0.2, 0) is 17.9 Å². The van der Waals surface area contributed by atoms with Crippen LogP contribution in [0.15, 0.2) is 107 Å². The van der Waals surface area contributed by atoms with Gasteiger partial charge in [-0.3, -0.25) is 24.0 Å². The average Bonchev–Trinajstić information content (AvgIpc) is 3.52. The summed E-state index contributed by atoms with van der Waals surface area (Å²) in [6.07, 6.45) is 8.64. The van der Waals surface area contributed by atoms with Crippen LogP contribution in [0.1, 0.15) is 36.3 Å². The summed E-state index contributed by atoms with van der Waals surface area (Å²) in [6.45, 7) is 3.45. The molecule has 2 aliphatic heterocycles. The second-order valence-electron chi connectivity index (χ2n) is 12.6. The Labute approximate surface area is 276 Å². The van der Waals surface area contributed by atoms with E-state index in [1.54, 1.807) is 12.3 Å². The molecule has 5 aromatic rings. The number of piperidine rings is 2. The molecule has 236 valence electrons. The Balaban J connectivity index is 1.03. The standard InChI is InChI=1S/C36H37BrN6O3/c37-28-19-26(20-38-21-28)22-40-15-11-30(32(23-40)27-7-3-1-4-8-27)34(44)41-17-13-36(46,14-18-41)24-42-25-39-33-31(35(42)45)12-16-43(33)29-9-5-2-6-10-29/h1-10,12,16,19-21,25,30,32,46H,11,13-15,17-18,22-24H2/t30-,32+/m1/s1. The topological polar surface area (TPSA) is 96.5 Å². The van der Waals surface area contributed by atoms with Gasteiger partial charge in [-0.25, -0.2) is 4.98 Å². The van der Waals surface area contributed by atoms with Gasteiger partial charge in [-0.05, 0) is 77.1 Å². The molecule has 0 spiro atoms. The highest BCUT2D eigenvalue weighted by molar-refractivity contribution is 9.10. The van der Waals surface area contributed by atoms with Crippen molar-refractivity contribution in [3.63, 3.8) is 0 Å². The van der Waals surface area contributed by atoms with E-state index in [4.69, 9.17) is 0 Å². The summed E-state index contributed by atoms with van der Waals surface area (Å²) in [4.78, 5) is 40.8. The minimum absolute atomic E-state index is 0.0722. The quantitative estimate of drug-likeness (QED) is 0.260. The maximum absolute atomic E-state index is 14.1. The van der Waals surface area contributed by atoms with Crippen molar-refractivity contribution >= 4 is 32.9 Å². The Morgan fingerprint density at radius 1 is 0.978 bits per heavy atom. The second kappa shape index (κ2) is 12.9. The molecule has 2 aromatic carbocycles. The third kappa shape index (κ3) is 6.29. The van der Waals surface area contributed by atoms with Crippen molar-refractivity contribution in [1.29, 1.82) is 0 Å². The molecule has 46 heavy (non-hydrogen) atoms. The van der Waals surface area contributed by atoms with E-state index in [9.17, 15) is 14.7 Å². The van der Waals surface area contributed by atoms with Crippen LogP contribution in [0, 0.1) is 5.92 Å². The highest BCUT2D eigenvalue weighted by Gasteiger charge is 2.41. The molecule has 7 rings (SSSR count). The molecule has 2 aliphatic rings. The number of aliphatic hydroxyl groups is 1. The minimum Gasteiger partial charge on any atom is -0.388 e. The number of benzene rings is 2. The molecule has 0 bridgehead atoms. The number of hydrogen-bond donors (Lipinski definition) is 1. The molecular formula is C36H37BrN6O3. The number of halogens is 1. The van der Waals surface area contributed by atoms with Crippen LogP contribution in [0.5, 0.6) is 0 Å². The van der Waals surface area contributed by atoms with E-state index in [1.165, 1.54) is 16.5 Å². The van der Waals surface area contributed by atoms with Gasteiger partial charge in [-0.2, -0.15) is 0 Å². The summed E-state index contributed by atoms with van der Waals surface area (Å²) in [5, 5.41) is 12.1. The average molecular weight is 682 g/mol. The number of hydrogen-bond acceptors (Lipinski definition) is 6. The molecule has 3 aromatic heterocycles. The number of nitrogens with zero attached hydrogens (tertiary/aromatic N) is 6. The Kier molecular flexibility index (Phi) is 8.59. The largest absolute Gasteiger partial charge is 0.388 e. The van der Waals surface area contributed by atoms with Gasteiger partial charge in [0.2, 0.25) is 5.91 Å². The lowest BCUT2D eigenvalue weighted by atomic mass is 9.79. The van der Waals surface area contributed by atoms with Gasteiger partial charge in [0.15, 0.2) is 5.65 Å². The maximum atomic E-state index is 14.1. The van der Waals surface area contributed by atoms with Crippen molar-refractivity contribution < 1.29 is 9.90 Å². The van der Waals surface area contributed by atoms with Crippen molar-refractivity contribution in [2.75, 3.05) is 26.2 Å². The number of likely N-dealkylation sites (tertiary alicyclic amines) is 2. The molecular weight excluding hydrogens is 644 g/mol. The molecule has 1 amide bonds. The number of para-hydroxylation sites is 1. The first-order chi connectivity index (χ1) is 22.4. The molecule has 0 unspecified atom stereocenters. The van der Waals surface area contributed by atoms with E-state index in [1.807, 2.05) is 70.4 Å². The minimum atomic E-state index is -1.10. The predicted molar refractivity (Wildman–Crippen MR) is 181 cm³/mol. The second-order valence-corrected chi connectivity index (χ2v) is 13.6. The Morgan fingerprint density at radius 3 is 2.46 bits per heavy atom. The van der Waals surface area contributed by atoms with Crippen LogP contribution >= 0.6 is 15.9 Å². The molecule has 0 saturated carbocycles. The van der Waals surface area contributed by atoms with Crippen molar-refractivity contribution in [3.8, 4) is 5.69 Å². The summed E-state index contributed by atoms with van der Waals surface area (Å²) < 4.78 is 4.37. The number of carbonyl (C=O) groups excluding carboxylic acids is 1. The highest BCUT2D eigenvalue weighted by atomic mass is 79.9. The normalized spacial score (nSPS) is 20.2. The zero-order valence-corrected chi connectivity index (χ0v) is 27.2. The van der Waals surface area contributed by atoms with Crippen LogP contribution < -0.4 is 5.56 Å². The molecule has 0 radical (unpaired) electrons. The Morgan fingerprint density at radius 2 is 1.72 bits per heavy atom. The van der Waals surface area contributed by atoms with E-state index < -0.39 is 5.60 Å². The van der Waals surface area contributed by atoms with E-state index in [-0.39, 0.29) is 29.8 Å². The first-order valence-electron chi connectivity index (χ1n) is 15.9. The lowest BCUT2D eigenvalue weighted by molar-refractivity contribution is -0.142. The number of rotatable bonds is 7. The number of aromatic nitrogens is 4.